The molecule has 1 amide bonds. The van der Waals surface area contributed by atoms with Gasteiger partial charge in [-0.25, -0.2) is 4.39 Å². The predicted octanol–water partition coefficient (Wildman–Crippen LogP) is 2.33. The van der Waals surface area contributed by atoms with E-state index >= 15 is 0 Å². The van der Waals surface area contributed by atoms with Gasteiger partial charge in [-0.2, -0.15) is 0 Å². The molecule has 2 N–H and O–H groups in total. The number of halogens is 1. The molecule has 7 heteroatoms. The number of nitrogens with zero attached hydrogens (tertiary/aromatic N) is 2. The Bertz CT molecular complexity index is 653. The average Bonchev–Trinajstić information content (AvgIpc) is 2.83. The quantitative estimate of drug-likeness (QED) is 0.810. The summed E-state index contributed by atoms with van der Waals surface area (Å²) < 4.78 is 13.6. The van der Waals surface area contributed by atoms with E-state index in [1.807, 2.05) is 18.9 Å². The molecule has 6 nitrogen and oxygen atoms in total. The van der Waals surface area contributed by atoms with Gasteiger partial charge in [0.05, 0.1) is 12.6 Å². The number of carboxylic acids is 1. The largest absolute Gasteiger partial charge is 0.480 e. The summed E-state index contributed by atoms with van der Waals surface area (Å²) in [5, 5.41) is 11.7. The second kappa shape index (κ2) is 9.09. The summed E-state index contributed by atoms with van der Waals surface area (Å²) in [7, 11) is 1.83. The number of nitrogens with one attached hydrogen (secondary N) is 1. The summed E-state index contributed by atoms with van der Waals surface area (Å²) >= 11 is 0. The van der Waals surface area contributed by atoms with Crippen molar-refractivity contribution in [2.24, 2.45) is 0 Å². The highest BCUT2D eigenvalue weighted by atomic mass is 19.1. The standard InChI is InChI=1S/C19H28FN3O3/c1-13-6-7-15(11-17(13)20)21-19(26)14(2)23-9-4-5-16(8-10-23)22(3)12-18(24)25/h6-7,11,14,16H,4-5,8-10,12H2,1-3H3,(H,21,26)(H,24,25). The molecule has 1 aromatic carbocycles. The number of benzene rings is 1. The first kappa shape index (κ1) is 20.3. The zero-order chi connectivity index (χ0) is 19.3. The topological polar surface area (TPSA) is 72.9 Å². The highest BCUT2D eigenvalue weighted by Crippen LogP contribution is 2.19. The van der Waals surface area contributed by atoms with Gasteiger partial charge in [0.2, 0.25) is 5.91 Å². The van der Waals surface area contributed by atoms with Gasteiger partial charge in [-0.05, 0) is 64.4 Å². The fourth-order valence-electron chi connectivity index (χ4n) is 3.35. The van der Waals surface area contributed by atoms with Crippen LogP contribution in [0.15, 0.2) is 18.2 Å². The zero-order valence-electron chi connectivity index (χ0n) is 15.7. The van der Waals surface area contributed by atoms with Crippen LogP contribution in [-0.4, -0.2) is 65.5 Å². The molecule has 0 aromatic heterocycles. The van der Waals surface area contributed by atoms with E-state index in [4.69, 9.17) is 5.11 Å². The van der Waals surface area contributed by atoms with Crippen molar-refractivity contribution < 1.29 is 19.1 Å². The predicted molar refractivity (Wildman–Crippen MR) is 98.7 cm³/mol. The van der Waals surface area contributed by atoms with E-state index in [1.165, 1.54) is 6.07 Å². The van der Waals surface area contributed by atoms with Crippen LogP contribution >= 0.6 is 0 Å². The van der Waals surface area contributed by atoms with Gasteiger partial charge < -0.3 is 10.4 Å². The van der Waals surface area contributed by atoms with Gasteiger partial charge in [0.25, 0.3) is 0 Å². The highest BCUT2D eigenvalue weighted by Gasteiger charge is 2.27. The molecule has 0 aliphatic carbocycles. The summed E-state index contributed by atoms with van der Waals surface area (Å²) in [5.41, 5.74) is 0.999. The van der Waals surface area contributed by atoms with Crippen LogP contribution in [0.5, 0.6) is 0 Å². The smallest absolute Gasteiger partial charge is 0.317 e. The molecule has 0 spiro atoms. The molecular weight excluding hydrogens is 337 g/mol. The fourth-order valence-corrected chi connectivity index (χ4v) is 3.35. The molecule has 144 valence electrons. The van der Waals surface area contributed by atoms with Crippen molar-refractivity contribution in [3.05, 3.63) is 29.6 Å². The molecule has 1 aliphatic heterocycles. The van der Waals surface area contributed by atoms with Crippen LogP contribution < -0.4 is 5.32 Å². The molecular formula is C19H28FN3O3. The third kappa shape index (κ3) is 5.51. The lowest BCUT2D eigenvalue weighted by Gasteiger charge is -2.28. The van der Waals surface area contributed by atoms with Gasteiger partial charge >= 0.3 is 5.97 Å². The Kier molecular flexibility index (Phi) is 7.11. The maximum Gasteiger partial charge on any atom is 0.317 e. The van der Waals surface area contributed by atoms with E-state index in [2.05, 4.69) is 10.2 Å². The number of aryl methyl sites for hydroxylation is 1. The molecule has 1 fully saturated rings. The molecule has 1 aliphatic rings. The van der Waals surface area contributed by atoms with Crippen LogP contribution in [0, 0.1) is 12.7 Å². The number of likely N-dealkylation sites (tertiary alicyclic amines) is 1. The molecule has 2 atom stereocenters. The van der Waals surface area contributed by atoms with Gasteiger partial charge in [-0.1, -0.05) is 6.07 Å². The average molecular weight is 365 g/mol. The third-order valence-electron chi connectivity index (χ3n) is 5.11. The lowest BCUT2D eigenvalue weighted by molar-refractivity contribution is -0.138. The van der Waals surface area contributed by atoms with E-state index < -0.39 is 5.97 Å². The monoisotopic (exact) mass is 365 g/mol. The van der Waals surface area contributed by atoms with E-state index in [9.17, 15) is 14.0 Å². The number of hydrogen-bond acceptors (Lipinski definition) is 4. The summed E-state index contributed by atoms with van der Waals surface area (Å²) in [6.07, 6.45) is 2.64. The maximum atomic E-state index is 13.6. The molecule has 2 rings (SSSR count). The Morgan fingerprint density at radius 2 is 2.12 bits per heavy atom. The van der Waals surface area contributed by atoms with Crippen LogP contribution in [0.25, 0.3) is 0 Å². The first-order chi connectivity index (χ1) is 12.3. The van der Waals surface area contributed by atoms with Crippen LogP contribution in [-0.2, 0) is 9.59 Å². The van der Waals surface area contributed by atoms with Crippen molar-refractivity contribution in [1.82, 2.24) is 9.80 Å². The van der Waals surface area contributed by atoms with Gasteiger partial charge in [0, 0.05) is 18.3 Å². The fraction of sp³-hybridized carbons (Fsp3) is 0.579. The number of carbonyl (C=O) groups is 2. The van der Waals surface area contributed by atoms with Crippen molar-refractivity contribution in [2.45, 2.75) is 45.2 Å². The van der Waals surface area contributed by atoms with Crippen molar-refractivity contribution in [3.8, 4) is 0 Å². The number of hydrogen-bond donors (Lipinski definition) is 2. The van der Waals surface area contributed by atoms with E-state index in [0.717, 1.165) is 32.4 Å². The third-order valence-corrected chi connectivity index (χ3v) is 5.11. The molecule has 26 heavy (non-hydrogen) atoms. The lowest BCUT2D eigenvalue weighted by Crippen LogP contribution is -2.43. The number of carbonyl (C=O) groups excluding carboxylic acids is 1. The molecule has 0 radical (unpaired) electrons. The molecule has 1 aromatic rings. The Hall–Kier alpha value is -1.99. The van der Waals surface area contributed by atoms with Crippen molar-refractivity contribution in [2.75, 3.05) is 32.0 Å². The van der Waals surface area contributed by atoms with Crippen molar-refractivity contribution >= 4 is 17.6 Å². The molecule has 0 bridgehead atoms. The minimum atomic E-state index is -0.827. The number of aliphatic carboxylic acids is 1. The van der Waals surface area contributed by atoms with Gasteiger partial charge in [-0.15, -0.1) is 0 Å². The first-order valence-corrected chi connectivity index (χ1v) is 9.01. The van der Waals surface area contributed by atoms with Crippen molar-refractivity contribution in [1.29, 1.82) is 0 Å². The normalized spacial score (nSPS) is 19.8. The van der Waals surface area contributed by atoms with Gasteiger partial charge in [-0.3, -0.25) is 19.4 Å². The van der Waals surface area contributed by atoms with Crippen molar-refractivity contribution in [3.63, 3.8) is 0 Å². The van der Waals surface area contributed by atoms with Crippen LogP contribution in [0.3, 0.4) is 0 Å². The number of amides is 1. The highest BCUT2D eigenvalue weighted by molar-refractivity contribution is 5.94. The Labute approximate surface area is 154 Å². The Morgan fingerprint density at radius 3 is 2.77 bits per heavy atom. The number of carboxylic acid groups (broad SMARTS) is 1. The lowest BCUT2D eigenvalue weighted by atomic mass is 10.1. The molecule has 0 saturated carbocycles. The van der Waals surface area contributed by atoms with Crippen LogP contribution in [0.2, 0.25) is 0 Å². The molecule has 1 saturated heterocycles. The van der Waals surface area contributed by atoms with E-state index in [0.29, 0.717) is 11.3 Å². The summed E-state index contributed by atoms with van der Waals surface area (Å²) in [4.78, 5) is 27.4. The van der Waals surface area contributed by atoms with Gasteiger partial charge in [0.15, 0.2) is 0 Å². The second-order valence-corrected chi connectivity index (χ2v) is 7.06. The maximum absolute atomic E-state index is 13.6. The van der Waals surface area contributed by atoms with Crippen LogP contribution in [0.1, 0.15) is 31.7 Å². The SMILES string of the molecule is Cc1ccc(NC(=O)C(C)N2CCCC(N(C)CC(=O)O)CC2)cc1F. The summed E-state index contributed by atoms with van der Waals surface area (Å²) in [6, 6.07) is 4.55. The van der Waals surface area contributed by atoms with E-state index in [-0.39, 0.29) is 30.4 Å². The zero-order valence-corrected chi connectivity index (χ0v) is 15.7. The molecule has 1 heterocycles. The first-order valence-electron chi connectivity index (χ1n) is 9.01. The number of rotatable bonds is 6. The number of anilines is 1. The second-order valence-electron chi connectivity index (χ2n) is 7.06. The number of likely N-dealkylation sites (N-methyl/N-ethyl adjacent to an activating group) is 1. The summed E-state index contributed by atoms with van der Waals surface area (Å²) in [6.45, 7) is 5.07. The van der Waals surface area contributed by atoms with Crippen LogP contribution in [0.4, 0.5) is 10.1 Å². The summed E-state index contributed by atoms with van der Waals surface area (Å²) in [5.74, 6) is -1.33. The van der Waals surface area contributed by atoms with E-state index in [1.54, 1.807) is 19.1 Å². The minimum Gasteiger partial charge on any atom is -0.480 e. The van der Waals surface area contributed by atoms with Gasteiger partial charge in [0.1, 0.15) is 5.82 Å². The minimum absolute atomic E-state index is 0.0275. The Balaban J connectivity index is 1.92. The molecule has 2 unspecified atom stereocenters. The Morgan fingerprint density at radius 1 is 1.38 bits per heavy atom.